The lowest BCUT2D eigenvalue weighted by Gasteiger charge is -2.10. The minimum absolute atomic E-state index is 0.183. The quantitative estimate of drug-likeness (QED) is 0.383. The molecule has 0 saturated carbocycles. The van der Waals surface area contributed by atoms with E-state index < -0.39 is 0 Å². The molecule has 134 valence electrons. The fourth-order valence-corrected chi connectivity index (χ4v) is 3.15. The first-order valence-electron chi connectivity index (χ1n) is 7.43. The molecule has 0 aliphatic carbocycles. The van der Waals surface area contributed by atoms with Gasteiger partial charge >= 0.3 is 0 Å². The van der Waals surface area contributed by atoms with Crippen LogP contribution < -0.4 is 0 Å². The predicted molar refractivity (Wildman–Crippen MR) is 104 cm³/mol. The van der Waals surface area contributed by atoms with E-state index in [1.54, 1.807) is 47.4 Å². The molecule has 26 heavy (non-hydrogen) atoms. The van der Waals surface area contributed by atoms with E-state index in [1.165, 1.54) is 6.33 Å². The Morgan fingerprint density at radius 3 is 2.38 bits per heavy atom. The van der Waals surface area contributed by atoms with E-state index in [-0.39, 0.29) is 6.61 Å². The van der Waals surface area contributed by atoms with Gasteiger partial charge in [-0.05, 0) is 30.3 Å². The highest BCUT2D eigenvalue weighted by atomic mass is 35.5. The van der Waals surface area contributed by atoms with Crippen molar-refractivity contribution in [3.63, 3.8) is 0 Å². The lowest BCUT2D eigenvalue weighted by atomic mass is 10.1. The summed E-state index contributed by atoms with van der Waals surface area (Å²) in [6.07, 6.45) is 3.02. The van der Waals surface area contributed by atoms with E-state index in [1.807, 2.05) is 0 Å². The summed E-state index contributed by atoms with van der Waals surface area (Å²) in [6, 6.07) is 10.3. The molecule has 0 fully saturated rings. The average Bonchev–Trinajstić information content (AvgIpc) is 3.09. The molecule has 0 saturated heterocycles. The summed E-state index contributed by atoms with van der Waals surface area (Å²) in [4.78, 5) is 9.42. The topological polar surface area (TPSA) is 52.3 Å². The van der Waals surface area contributed by atoms with Crippen molar-refractivity contribution in [3.05, 3.63) is 80.3 Å². The largest absolute Gasteiger partial charge is 0.391 e. The van der Waals surface area contributed by atoms with Gasteiger partial charge in [0.1, 0.15) is 25.0 Å². The molecule has 1 heterocycles. The number of rotatable bonds is 6. The van der Waals surface area contributed by atoms with Crippen LogP contribution in [0.1, 0.15) is 11.1 Å². The van der Waals surface area contributed by atoms with Gasteiger partial charge < -0.3 is 4.84 Å². The van der Waals surface area contributed by atoms with Crippen LogP contribution in [0.2, 0.25) is 20.1 Å². The van der Waals surface area contributed by atoms with Crippen LogP contribution in [0.3, 0.4) is 0 Å². The van der Waals surface area contributed by atoms with Crippen LogP contribution in [0.5, 0.6) is 0 Å². The highest BCUT2D eigenvalue weighted by molar-refractivity contribution is 6.37. The molecule has 0 bridgehead atoms. The first kappa shape index (κ1) is 19.0. The molecule has 0 unspecified atom stereocenters. The summed E-state index contributed by atoms with van der Waals surface area (Å²) in [7, 11) is 0. The lowest BCUT2D eigenvalue weighted by molar-refractivity contribution is 0.130. The van der Waals surface area contributed by atoms with Crippen molar-refractivity contribution in [1.29, 1.82) is 0 Å². The van der Waals surface area contributed by atoms with Crippen molar-refractivity contribution in [2.24, 2.45) is 5.16 Å². The number of aromatic nitrogens is 3. The monoisotopic (exact) mass is 428 g/mol. The second-order valence-corrected chi connectivity index (χ2v) is 6.95. The van der Waals surface area contributed by atoms with E-state index in [2.05, 4.69) is 15.2 Å². The zero-order valence-electron chi connectivity index (χ0n) is 13.2. The van der Waals surface area contributed by atoms with Crippen molar-refractivity contribution in [1.82, 2.24) is 14.8 Å². The van der Waals surface area contributed by atoms with E-state index in [0.29, 0.717) is 37.9 Å². The molecule has 5 nitrogen and oxygen atoms in total. The first-order valence-corrected chi connectivity index (χ1v) is 8.94. The van der Waals surface area contributed by atoms with Gasteiger partial charge in [0.15, 0.2) is 0 Å². The SMILES string of the molecule is Clc1ccc(CO/N=C(\Cn2cncn2)c2ccc(Cl)cc2Cl)c(Cl)c1. The van der Waals surface area contributed by atoms with E-state index >= 15 is 0 Å². The van der Waals surface area contributed by atoms with E-state index in [9.17, 15) is 0 Å². The summed E-state index contributed by atoms with van der Waals surface area (Å²) in [5.41, 5.74) is 2.03. The molecule has 1 aromatic heterocycles. The molecule has 2 aromatic carbocycles. The van der Waals surface area contributed by atoms with Gasteiger partial charge in [-0.3, -0.25) is 0 Å². The Hall–Kier alpha value is -1.79. The molecule has 3 rings (SSSR count). The van der Waals surface area contributed by atoms with Gasteiger partial charge in [-0.2, -0.15) is 5.10 Å². The Bertz CT molecular complexity index is 929. The van der Waals surface area contributed by atoms with E-state index in [0.717, 1.165) is 5.56 Å². The normalized spacial score (nSPS) is 11.6. The molecule has 0 spiro atoms. The number of nitrogens with zero attached hydrogens (tertiary/aromatic N) is 4. The van der Waals surface area contributed by atoms with Gasteiger partial charge in [0, 0.05) is 26.2 Å². The third kappa shape index (κ3) is 4.89. The second-order valence-electron chi connectivity index (χ2n) is 5.26. The number of hydrogen-bond donors (Lipinski definition) is 0. The Labute approximate surface area is 170 Å². The molecule has 3 aromatic rings. The molecular weight excluding hydrogens is 418 g/mol. The Morgan fingerprint density at radius 1 is 1.00 bits per heavy atom. The lowest BCUT2D eigenvalue weighted by Crippen LogP contribution is -2.13. The summed E-state index contributed by atoms with van der Waals surface area (Å²) in [6.45, 7) is 0.512. The second kappa shape index (κ2) is 8.73. The Morgan fingerprint density at radius 2 is 1.73 bits per heavy atom. The maximum Gasteiger partial charge on any atom is 0.143 e. The highest BCUT2D eigenvalue weighted by Gasteiger charge is 2.12. The maximum absolute atomic E-state index is 6.30. The summed E-state index contributed by atoms with van der Waals surface area (Å²) < 4.78 is 1.61. The predicted octanol–water partition coefficient (Wildman–Crippen LogP) is 5.51. The van der Waals surface area contributed by atoms with Crippen molar-refractivity contribution in [3.8, 4) is 0 Å². The third-order valence-electron chi connectivity index (χ3n) is 3.43. The maximum atomic E-state index is 6.30. The van der Waals surface area contributed by atoms with Gasteiger partial charge in [-0.1, -0.05) is 57.6 Å². The van der Waals surface area contributed by atoms with Gasteiger partial charge in [0.2, 0.25) is 0 Å². The molecule has 9 heteroatoms. The van der Waals surface area contributed by atoms with Gasteiger partial charge in [0.05, 0.1) is 11.6 Å². The Kier molecular flexibility index (Phi) is 6.38. The van der Waals surface area contributed by atoms with Crippen LogP contribution in [0.15, 0.2) is 54.2 Å². The molecule has 0 radical (unpaired) electrons. The van der Waals surface area contributed by atoms with Crippen molar-refractivity contribution in [2.75, 3.05) is 0 Å². The van der Waals surface area contributed by atoms with Gasteiger partial charge in [-0.25, -0.2) is 9.67 Å². The van der Waals surface area contributed by atoms with Crippen LogP contribution in [-0.2, 0) is 18.0 Å². The molecular formula is C17H12Cl4N4O. The summed E-state index contributed by atoms with van der Waals surface area (Å²) in [5.74, 6) is 0. The van der Waals surface area contributed by atoms with Gasteiger partial charge in [-0.15, -0.1) is 0 Å². The van der Waals surface area contributed by atoms with Gasteiger partial charge in [0.25, 0.3) is 0 Å². The van der Waals surface area contributed by atoms with Crippen molar-refractivity contribution >= 4 is 52.1 Å². The molecule has 0 aliphatic rings. The Balaban J connectivity index is 1.83. The van der Waals surface area contributed by atoms with E-state index in [4.69, 9.17) is 51.2 Å². The van der Waals surface area contributed by atoms with Crippen LogP contribution >= 0.6 is 46.4 Å². The summed E-state index contributed by atoms with van der Waals surface area (Å²) >= 11 is 24.3. The zero-order valence-corrected chi connectivity index (χ0v) is 16.3. The zero-order chi connectivity index (χ0) is 18.5. The van der Waals surface area contributed by atoms with Crippen LogP contribution in [-0.4, -0.2) is 20.5 Å². The fourth-order valence-electron chi connectivity index (χ4n) is 2.17. The third-order valence-corrected chi connectivity index (χ3v) is 4.57. The number of oxime groups is 1. The standard InChI is InChI=1S/C17H12Cl4N4O/c18-12-2-1-11(15(20)5-12)8-26-24-17(7-25-10-22-9-23-25)14-4-3-13(19)6-16(14)21/h1-6,9-10H,7-8H2/b24-17+. The number of halogens is 4. The smallest absolute Gasteiger partial charge is 0.143 e. The van der Waals surface area contributed by atoms with Crippen molar-refractivity contribution in [2.45, 2.75) is 13.2 Å². The summed E-state index contributed by atoms with van der Waals surface area (Å²) in [5, 5.41) is 10.4. The minimum atomic E-state index is 0.183. The average molecular weight is 430 g/mol. The molecule has 0 atom stereocenters. The van der Waals surface area contributed by atoms with Crippen LogP contribution in [0.25, 0.3) is 0 Å². The van der Waals surface area contributed by atoms with Crippen LogP contribution in [0, 0.1) is 0 Å². The van der Waals surface area contributed by atoms with Crippen LogP contribution in [0.4, 0.5) is 0 Å². The molecule has 0 amide bonds. The molecule has 0 N–H and O–H groups in total. The molecule has 0 aliphatic heterocycles. The fraction of sp³-hybridized carbons (Fsp3) is 0.118. The number of benzene rings is 2. The highest BCUT2D eigenvalue weighted by Crippen LogP contribution is 2.24. The number of hydrogen-bond acceptors (Lipinski definition) is 4. The minimum Gasteiger partial charge on any atom is -0.391 e. The van der Waals surface area contributed by atoms with Crippen molar-refractivity contribution < 1.29 is 4.84 Å². The first-order chi connectivity index (χ1) is 12.5.